The molecule has 0 bridgehead atoms. The van der Waals surface area contributed by atoms with E-state index in [1.165, 1.54) is 11.9 Å². The van der Waals surface area contributed by atoms with Crippen LogP contribution in [-0.2, 0) is 20.7 Å². The van der Waals surface area contributed by atoms with Crippen molar-refractivity contribution in [1.29, 1.82) is 0 Å². The van der Waals surface area contributed by atoms with Gasteiger partial charge in [0.15, 0.2) is 5.82 Å². The smallest absolute Gasteiger partial charge is 0.333 e. The standard InChI is InChI=1S/C20H25N7O3/c28-19-11-17(13-29-19)26-9-10-30-20(14-26)4-7-25(8-5-20)6-3-16-1-2-18(21-12-16)27-15-22-23-24-27/h1-2,11-12,15H,3-10,13-14H2. The van der Waals surface area contributed by atoms with Crippen LogP contribution in [0.3, 0.4) is 0 Å². The molecule has 0 aliphatic carbocycles. The van der Waals surface area contributed by atoms with E-state index in [9.17, 15) is 4.79 Å². The van der Waals surface area contributed by atoms with E-state index in [0.29, 0.717) is 19.0 Å². The van der Waals surface area contributed by atoms with E-state index in [4.69, 9.17) is 9.47 Å². The average Bonchev–Trinajstić information content (AvgIpc) is 3.46. The van der Waals surface area contributed by atoms with Crippen LogP contribution in [0.15, 0.2) is 36.4 Å². The molecule has 0 saturated carbocycles. The zero-order valence-electron chi connectivity index (χ0n) is 16.8. The summed E-state index contributed by atoms with van der Waals surface area (Å²) in [5.74, 6) is 0.480. The quantitative estimate of drug-likeness (QED) is 0.639. The lowest BCUT2D eigenvalue weighted by atomic mass is 9.89. The van der Waals surface area contributed by atoms with E-state index in [2.05, 4.69) is 36.4 Å². The lowest BCUT2D eigenvalue weighted by Gasteiger charge is -2.48. The molecule has 1 spiro atoms. The SMILES string of the molecule is O=C1C=C(N2CCOC3(CCN(CCc4ccc(-n5cnnn5)nc4)CC3)C2)CO1. The number of hydrogen-bond acceptors (Lipinski definition) is 9. The number of rotatable bonds is 5. The Balaban J connectivity index is 1.12. The summed E-state index contributed by atoms with van der Waals surface area (Å²) in [6.07, 6.45) is 8.00. The highest BCUT2D eigenvalue weighted by Gasteiger charge is 2.40. The number of aromatic nitrogens is 5. The van der Waals surface area contributed by atoms with Crippen LogP contribution in [0.4, 0.5) is 0 Å². The summed E-state index contributed by atoms with van der Waals surface area (Å²) in [6.45, 7) is 5.77. The predicted octanol–water partition coefficient (Wildman–Crippen LogP) is 0.207. The summed E-state index contributed by atoms with van der Waals surface area (Å²) < 4.78 is 12.9. The molecule has 0 atom stereocenters. The number of nitrogens with zero attached hydrogens (tertiary/aromatic N) is 7. The van der Waals surface area contributed by atoms with Gasteiger partial charge in [0, 0.05) is 45.0 Å². The van der Waals surface area contributed by atoms with Crippen molar-refractivity contribution < 1.29 is 14.3 Å². The Morgan fingerprint density at radius 3 is 2.77 bits per heavy atom. The minimum atomic E-state index is -0.235. The van der Waals surface area contributed by atoms with Crippen molar-refractivity contribution in [2.24, 2.45) is 0 Å². The van der Waals surface area contributed by atoms with Crippen LogP contribution in [0.1, 0.15) is 18.4 Å². The Kier molecular flexibility index (Phi) is 5.17. The van der Waals surface area contributed by atoms with Gasteiger partial charge in [-0.25, -0.2) is 9.78 Å². The molecule has 0 amide bonds. The number of piperidine rings is 1. The highest BCUT2D eigenvalue weighted by molar-refractivity contribution is 5.85. The van der Waals surface area contributed by atoms with Gasteiger partial charge in [-0.05, 0) is 41.3 Å². The van der Waals surface area contributed by atoms with Crippen LogP contribution in [0.2, 0.25) is 0 Å². The largest absolute Gasteiger partial charge is 0.456 e. The van der Waals surface area contributed by atoms with Gasteiger partial charge in [-0.1, -0.05) is 6.07 Å². The molecule has 0 unspecified atom stereocenters. The minimum Gasteiger partial charge on any atom is -0.456 e. The summed E-state index contributed by atoms with van der Waals surface area (Å²) in [7, 11) is 0. The highest BCUT2D eigenvalue weighted by atomic mass is 16.5. The van der Waals surface area contributed by atoms with Crippen LogP contribution >= 0.6 is 0 Å². The number of likely N-dealkylation sites (tertiary alicyclic amines) is 1. The van der Waals surface area contributed by atoms with Gasteiger partial charge in [0.25, 0.3) is 0 Å². The molecule has 0 aromatic carbocycles. The van der Waals surface area contributed by atoms with Crippen molar-refractivity contribution in [3.8, 4) is 5.82 Å². The molecule has 10 heteroatoms. The Morgan fingerprint density at radius 2 is 2.07 bits per heavy atom. The maximum absolute atomic E-state index is 11.4. The number of esters is 1. The Labute approximate surface area is 174 Å². The third-order valence-corrected chi connectivity index (χ3v) is 6.18. The van der Waals surface area contributed by atoms with Crippen molar-refractivity contribution in [3.63, 3.8) is 0 Å². The average molecular weight is 411 g/mol. The summed E-state index contributed by atoms with van der Waals surface area (Å²) in [5.41, 5.74) is 2.07. The fraction of sp³-hybridized carbons (Fsp3) is 0.550. The summed E-state index contributed by atoms with van der Waals surface area (Å²) in [5, 5.41) is 11.1. The Hall–Kier alpha value is -2.85. The number of tetrazole rings is 1. The van der Waals surface area contributed by atoms with Gasteiger partial charge in [-0.3, -0.25) is 0 Å². The molecule has 3 aliphatic heterocycles. The van der Waals surface area contributed by atoms with Crippen LogP contribution in [-0.4, -0.2) is 92.5 Å². The number of ether oxygens (including phenoxy) is 2. The monoisotopic (exact) mass is 411 g/mol. The second kappa shape index (κ2) is 8.11. The van der Waals surface area contributed by atoms with E-state index in [0.717, 1.165) is 57.7 Å². The van der Waals surface area contributed by atoms with Crippen molar-refractivity contribution in [2.45, 2.75) is 24.9 Å². The molecular formula is C20H25N7O3. The number of pyridine rings is 1. The van der Waals surface area contributed by atoms with Crippen molar-refractivity contribution >= 4 is 5.97 Å². The van der Waals surface area contributed by atoms with Crippen LogP contribution in [0, 0.1) is 0 Å². The van der Waals surface area contributed by atoms with Crippen molar-refractivity contribution in [1.82, 2.24) is 35.0 Å². The second-order valence-corrected chi connectivity index (χ2v) is 8.07. The van der Waals surface area contributed by atoms with Gasteiger partial charge in [0.2, 0.25) is 0 Å². The van der Waals surface area contributed by atoms with E-state index in [-0.39, 0.29) is 11.6 Å². The molecule has 0 radical (unpaired) electrons. The maximum atomic E-state index is 11.4. The molecule has 10 nitrogen and oxygen atoms in total. The molecule has 2 aromatic rings. The first-order chi connectivity index (χ1) is 14.7. The second-order valence-electron chi connectivity index (χ2n) is 8.07. The first kappa shape index (κ1) is 19.1. The van der Waals surface area contributed by atoms with Crippen LogP contribution in [0.5, 0.6) is 0 Å². The molecule has 3 aliphatic rings. The van der Waals surface area contributed by atoms with Gasteiger partial charge < -0.3 is 19.3 Å². The molecule has 0 N–H and O–H groups in total. The van der Waals surface area contributed by atoms with Gasteiger partial charge in [0.1, 0.15) is 12.9 Å². The van der Waals surface area contributed by atoms with Gasteiger partial charge >= 0.3 is 5.97 Å². The van der Waals surface area contributed by atoms with Crippen LogP contribution < -0.4 is 0 Å². The third-order valence-electron chi connectivity index (χ3n) is 6.18. The Morgan fingerprint density at radius 1 is 1.17 bits per heavy atom. The van der Waals surface area contributed by atoms with E-state index >= 15 is 0 Å². The number of carbonyl (C=O) groups excluding carboxylic acids is 1. The molecule has 2 aromatic heterocycles. The molecule has 5 rings (SSSR count). The lowest BCUT2D eigenvalue weighted by molar-refractivity contribution is -0.136. The molecule has 2 fully saturated rings. The van der Waals surface area contributed by atoms with Crippen molar-refractivity contribution in [3.05, 3.63) is 42.0 Å². The number of morpholine rings is 1. The summed E-state index contributed by atoms with van der Waals surface area (Å²) in [6, 6.07) is 4.02. The maximum Gasteiger partial charge on any atom is 0.333 e. The number of carbonyl (C=O) groups is 1. The molecule has 2 saturated heterocycles. The Bertz CT molecular complexity index is 905. The topological polar surface area (TPSA) is 98.5 Å². The first-order valence-corrected chi connectivity index (χ1v) is 10.4. The number of hydrogen-bond donors (Lipinski definition) is 0. The first-order valence-electron chi connectivity index (χ1n) is 10.4. The van der Waals surface area contributed by atoms with E-state index < -0.39 is 0 Å². The predicted molar refractivity (Wildman–Crippen MR) is 106 cm³/mol. The van der Waals surface area contributed by atoms with Gasteiger partial charge in [-0.2, -0.15) is 4.68 Å². The molecule has 30 heavy (non-hydrogen) atoms. The van der Waals surface area contributed by atoms with Crippen LogP contribution in [0.25, 0.3) is 5.82 Å². The normalized spacial score (nSPS) is 21.7. The molecular weight excluding hydrogens is 386 g/mol. The third kappa shape index (κ3) is 4.05. The van der Waals surface area contributed by atoms with Crippen molar-refractivity contribution in [2.75, 3.05) is 45.9 Å². The highest BCUT2D eigenvalue weighted by Crippen LogP contribution is 2.32. The fourth-order valence-electron chi connectivity index (χ4n) is 4.38. The molecule has 158 valence electrons. The number of cyclic esters (lactones) is 1. The zero-order chi connectivity index (χ0) is 20.4. The molecule has 5 heterocycles. The summed E-state index contributed by atoms with van der Waals surface area (Å²) >= 11 is 0. The minimum absolute atomic E-state index is 0.115. The van der Waals surface area contributed by atoms with Gasteiger partial charge in [0.05, 0.1) is 17.9 Å². The summed E-state index contributed by atoms with van der Waals surface area (Å²) in [4.78, 5) is 20.6. The van der Waals surface area contributed by atoms with E-state index in [1.54, 1.807) is 10.8 Å². The zero-order valence-corrected chi connectivity index (χ0v) is 16.8. The van der Waals surface area contributed by atoms with Gasteiger partial charge in [-0.15, -0.1) is 5.10 Å². The lowest BCUT2D eigenvalue weighted by Crippen LogP contribution is -2.56. The van der Waals surface area contributed by atoms with E-state index in [1.807, 2.05) is 12.3 Å². The fourth-order valence-corrected chi connectivity index (χ4v) is 4.38.